The van der Waals surface area contributed by atoms with E-state index in [1.54, 1.807) is 11.4 Å². The molecular formula is C9H4BrClFNOS. The van der Waals surface area contributed by atoms with Gasteiger partial charge in [0, 0.05) is 10.4 Å². The zero-order valence-electron chi connectivity index (χ0n) is 7.21. The lowest BCUT2D eigenvalue weighted by atomic mass is 10.3. The third kappa shape index (κ3) is 2.68. The number of halogens is 3. The van der Waals surface area contributed by atoms with Gasteiger partial charge in [0.05, 0.1) is 0 Å². The van der Waals surface area contributed by atoms with Crippen molar-refractivity contribution >= 4 is 38.9 Å². The summed E-state index contributed by atoms with van der Waals surface area (Å²) < 4.78 is 19.2. The lowest BCUT2D eigenvalue weighted by molar-refractivity contribution is 0.439. The van der Waals surface area contributed by atoms with E-state index in [4.69, 9.17) is 16.3 Å². The van der Waals surface area contributed by atoms with E-state index in [1.807, 2.05) is 0 Å². The molecule has 1 aromatic carbocycles. The van der Waals surface area contributed by atoms with Crippen LogP contribution in [0.5, 0.6) is 10.9 Å². The number of hydrogen-bond acceptors (Lipinski definition) is 3. The van der Waals surface area contributed by atoms with Crippen LogP contribution in [0.15, 0.2) is 28.2 Å². The fraction of sp³-hybridized carbons (Fsp3) is 0. The van der Waals surface area contributed by atoms with Gasteiger partial charge in [-0.2, -0.15) is 4.98 Å². The van der Waals surface area contributed by atoms with Crippen molar-refractivity contribution < 1.29 is 9.13 Å². The van der Waals surface area contributed by atoms with Gasteiger partial charge in [-0.3, -0.25) is 0 Å². The van der Waals surface area contributed by atoms with E-state index in [0.717, 1.165) is 0 Å². The molecule has 0 spiro atoms. The van der Waals surface area contributed by atoms with Crippen LogP contribution in [-0.4, -0.2) is 4.98 Å². The van der Waals surface area contributed by atoms with E-state index in [0.29, 0.717) is 14.8 Å². The molecule has 0 aliphatic carbocycles. The summed E-state index contributed by atoms with van der Waals surface area (Å²) >= 11 is 10.1. The molecule has 0 aliphatic rings. The number of benzene rings is 1. The summed E-state index contributed by atoms with van der Waals surface area (Å²) in [5.74, 6) is -0.393. The van der Waals surface area contributed by atoms with E-state index >= 15 is 0 Å². The third-order valence-electron chi connectivity index (χ3n) is 1.55. The van der Waals surface area contributed by atoms with E-state index < -0.39 is 5.82 Å². The fourth-order valence-electron chi connectivity index (χ4n) is 0.938. The van der Waals surface area contributed by atoms with Gasteiger partial charge in [-0.25, -0.2) is 4.39 Å². The van der Waals surface area contributed by atoms with Crippen molar-refractivity contribution in [3.05, 3.63) is 39.0 Å². The maximum Gasteiger partial charge on any atom is 0.279 e. The highest BCUT2D eigenvalue weighted by Gasteiger charge is 2.07. The molecule has 0 bridgehead atoms. The van der Waals surface area contributed by atoms with Crippen LogP contribution in [0.4, 0.5) is 4.39 Å². The quantitative estimate of drug-likeness (QED) is 0.815. The summed E-state index contributed by atoms with van der Waals surface area (Å²) in [6.07, 6.45) is 0. The highest BCUT2D eigenvalue weighted by atomic mass is 79.9. The van der Waals surface area contributed by atoms with E-state index in [-0.39, 0.29) is 5.75 Å². The highest BCUT2D eigenvalue weighted by Crippen LogP contribution is 2.29. The number of hydrogen-bond donors (Lipinski definition) is 0. The minimum atomic E-state index is -0.506. The predicted molar refractivity (Wildman–Crippen MR) is 61.3 cm³/mol. The van der Waals surface area contributed by atoms with Crippen molar-refractivity contribution in [2.45, 2.75) is 0 Å². The van der Waals surface area contributed by atoms with Crippen LogP contribution in [-0.2, 0) is 0 Å². The second-order valence-corrected chi connectivity index (χ2v) is 4.68. The first-order valence-corrected chi connectivity index (χ1v) is 5.94. The Hall–Kier alpha value is -0.650. The molecule has 78 valence electrons. The van der Waals surface area contributed by atoms with Crippen LogP contribution in [0.1, 0.15) is 0 Å². The van der Waals surface area contributed by atoms with Gasteiger partial charge in [-0.05, 0) is 34.1 Å². The van der Waals surface area contributed by atoms with Gasteiger partial charge in [0.15, 0.2) is 11.6 Å². The first kappa shape index (κ1) is 10.9. The van der Waals surface area contributed by atoms with Crippen LogP contribution in [0.2, 0.25) is 5.02 Å². The molecule has 2 rings (SSSR count). The Morgan fingerprint density at radius 3 is 2.87 bits per heavy atom. The van der Waals surface area contributed by atoms with Gasteiger partial charge in [-0.15, -0.1) is 0 Å². The summed E-state index contributed by atoms with van der Waals surface area (Å²) in [5, 5.41) is 2.46. The Kier molecular flexibility index (Phi) is 3.23. The Labute approximate surface area is 103 Å². The Morgan fingerprint density at radius 2 is 2.27 bits per heavy atom. The van der Waals surface area contributed by atoms with Crippen molar-refractivity contribution in [3.8, 4) is 10.9 Å². The van der Waals surface area contributed by atoms with Gasteiger partial charge in [0.2, 0.25) is 0 Å². The lowest BCUT2D eigenvalue weighted by Crippen LogP contribution is -1.87. The molecule has 2 aromatic rings. The summed E-state index contributed by atoms with van der Waals surface area (Å²) in [5.41, 5.74) is 0. The largest absolute Gasteiger partial charge is 0.428 e. The monoisotopic (exact) mass is 307 g/mol. The number of thiazole rings is 1. The van der Waals surface area contributed by atoms with Crippen molar-refractivity contribution in [1.82, 2.24) is 4.98 Å². The molecule has 0 N–H and O–H groups in total. The van der Waals surface area contributed by atoms with Crippen LogP contribution in [0, 0.1) is 5.82 Å². The average Bonchev–Trinajstić information content (AvgIpc) is 2.56. The molecule has 0 atom stereocenters. The maximum absolute atomic E-state index is 13.3. The van der Waals surface area contributed by atoms with Gasteiger partial charge in [0.25, 0.3) is 5.19 Å². The second kappa shape index (κ2) is 4.47. The molecule has 0 aliphatic heterocycles. The van der Waals surface area contributed by atoms with Crippen LogP contribution in [0.3, 0.4) is 0 Å². The molecule has 6 heteroatoms. The molecule has 0 saturated heterocycles. The summed E-state index contributed by atoms with van der Waals surface area (Å²) in [4.78, 5) is 3.98. The average molecular weight is 309 g/mol. The van der Waals surface area contributed by atoms with E-state index in [1.165, 1.54) is 23.5 Å². The normalized spacial score (nSPS) is 10.3. The van der Waals surface area contributed by atoms with Crippen LogP contribution < -0.4 is 4.74 Å². The zero-order chi connectivity index (χ0) is 10.8. The van der Waals surface area contributed by atoms with Gasteiger partial charge >= 0.3 is 0 Å². The third-order valence-corrected chi connectivity index (χ3v) is 3.21. The minimum Gasteiger partial charge on any atom is -0.428 e. The molecule has 0 fully saturated rings. The van der Waals surface area contributed by atoms with Crippen molar-refractivity contribution in [1.29, 1.82) is 0 Å². The first-order chi connectivity index (χ1) is 7.15. The first-order valence-electron chi connectivity index (χ1n) is 3.89. The minimum absolute atomic E-state index is 0.112. The molecule has 15 heavy (non-hydrogen) atoms. The predicted octanol–water partition coefficient (Wildman–Crippen LogP) is 4.49. The van der Waals surface area contributed by atoms with E-state index in [9.17, 15) is 4.39 Å². The Bertz CT molecular complexity index is 491. The SMILES string of the molecule is Fc1cc(Cl)ccc1Oc1nc(Br)cs1. The summed E-state index contributed by atoms with van der Waals surface area (Å²) in [7, 11) is 0. The number of rotatable bonds is 2. The van der Waals surface area contributed by atoms with Crippen LogP contribution >= 0.6 is 38.9 Å². The second-order valence-electron chi connectivity index (χ2n) is 2.61. The fourth-order valence-corrected chi connectivity index (χ4v) is 2.20. The zero-order valence-corrected chi connectivity index (χ0v) is 10.4. The standard InChI is InChI=1S/C9H4BrClFNOS/c10-8-4-15-9(13-8)14-7-2-1-5(11)3-6(7)12/h1-4H. The van der Waals surface area contributed by atoms with Gasteiger partial charge < -0.3 is 4.74 Å². The Balaban J connectivity index is 2.24. The molecule has 0 unspecified atom stereocenters. The lowest BCUT2D eigenvalue weighted by Gasteiger charge is -2.02. The number of aromatic nitrogens is 1. The molecule has 2 nitrogen and oxygen atoms in total. The molecule has 0 radical (unpaired) electrons. The maximum atomic E-state index is 13.3. The Morgan fingerprint density at radius 1 is 1.47 bits per heavy atom. The molecule has 1 heterocycles. The number of ether oxygens (including phenoxy) is 1. The van der Waals surface area contributed by atoms with Gasteiger partial charge in [0.1, 0.15) is 4.60 Å². The van der Waals surface area contributed by atoms with Crippen molar-refractivity contribution in [2.24, 2.45) is 0 Å². The number of nitrogens with zero attached hydrogens (tertiary/aromatic N) is 1. The smallest absolute Gasteiger partial charge is 0.279 e. The van der Waals surface area contributed by atoms with Crippen molar-refractivity contribution in [3.63, 3.8) is 0 Å². The topological polar surface area (TPSA) is 22.1 Å². The summed E-state index contributed by atoms with van der Waals surface area (Å²) in [6, 6.07) is 4.22. The molecule has 0 amide bonds. The molecule has 1 aromatic heterocycles. The van der Waals surface area contributed by atoms with E-state index in [2.05, 4.69) is 20.9 Å². The van der Waals surface area contributed by atoms with Crippen LogP contribution in [0.25, 0.3) is 0 Å². The molecule has 0 saturated carbocycles. The van der Waals surface area contributed by atoms with Gasteiger partial charge in [-0.1, -0.05) is 22.9 Å². The van der Waals surface area contributed by atoms with Crippen molar-refractivity contribution in [2.75, 3.05) is 0 Å². The summed E-state index contributed by atoms with van der Waals surface area (Å²) in [6.45, 7) is 0. The molecular weight excluding hydrogens is 305 g/mol. The highest BCUT2D eigenvalue weighted by molar-refractivity contribution is 9.10.